The van der Waals surface area contributed by atoms with Crippen LogP contribution < -0.4 is 9.84 Å². The zero-order chi connectivity index (χ0) is 21.0. The van der Waals surface area contributed by atoms with Crippen LogP contribution in [0.25, 0.3) is 11.8 Å². The van der Waals surface area contributed by atoms with Gasteiger partial charge >= 0.3 is 0 Å². The predicted molar refractivity (Wildman–Crippen MR) is 104 cm³/mol. The van der Waals surface area contributed by atoms with Crippen LogP contribution >= 0.6 is 11.6 Å². The van der Waals surface area contributed by atoms with Gasteiger partial charge in [-0.3, -0.25) is 4.79 Å². The number of rotatable bonds is 7. The molecule has 0 aliphatic heterocycles. The van der Waals surface area contributed by atoms with E-state index in [1.165, 1.54) is 47.2 Å². The molecule has 0 bridgehead atoms. The number of allylic oxidation sites excluding steroid dienone is 1. The van der Waals surface area contributed by atoms with E-state index in [9.17, 15) is 19.1 Å². The van der Waals surface area contributed by atoms with E-state index in [0.29, 0.717) is 33.4 Å². The SMILES string of the molecule is Cc1nn(-c2ccc(F)cc2)c(Cl)c1/C=C/C(=O)c1ccc(OCC(=O)[O-])cc1. The molecule has 1 aromatic heterocycles. The number of carboxylic acids is 1. The van der Waals surface area contributed by atoms with Gasteiger partial charge in [-0.2, -0.15) is 5.10 Å². The lowest BCUT2D eigenvalue weighted by Crippen LogP contribution is -2.28. The number of aromatic nitrogens is 2. The van der Waals surface area contributed by atoms with E-state index < -0.39 is 12.6 Å². The summed E-state index contributed by atoms with van der Waals surface area (Å²) < 4.78 is 19.5. The molecular weight excluding hydrogens is 399 g/mol. The van der Waals surface area contributed by atoms with Crippen LogP contribution in [0.1, 0.15) is 21.6 Å². The molecule has 3 rings (SSSR count). The summed E-state index contributed by atoms with van der Waals surface area (Å²) in [6.07, 6.45) is 2.93. The summed E-state index contributed by atoms with van der Waals surface area (Å²) in [4.78, 5) is 22.8. The van der Waals surface area contributed by atoms with Gasteiger partial charge in [0.05, 0.1) is 17.4 Å². The number of ketones is 1. The number of ether oxygens (including phenoxy) is 1. The van der Waals surface area contributed by atoms with E-state index in [1.807, 2.05) is 0 Å². The molecule has 2 aromatic carbocycles. The van der Waals surface area contributed by atoms with Crippen LogP contribution in [-0.2, 0) is 4.79 Å². The van der Waals surface area contributed by atoms with Crippen LogP contribution in [0.15, 0.2) is 54.6 Å². The minimum atomic E-state index is -1.33. The van der Waals surface area contributed by atoms with Gasteiger partial charge in [-0.25, -0.2) is 9.07 Å². The molecule has 0 spiro atoms. The largest absolute Gasteiger partial charge is 0.546 e. The van der Waals surface area contributed by atoms with Crippen molar-refractivity contribution in [1.82, 2.24) is 9.78 Å². The maximum Gasteiger partial charge on any atom is 0.185 e. The molecule has 0 N–H and O–H groups in total. The average molecular weight is 414 g/mol. The van der Waals surface area contributed by atoms with Gasteiger partial charge < -0.3 is 14.6 Å². The molecule has 0 saturated carbocycles. The number of carbonyl (C=O) groups is 2. The topological polar surface area (TPSA) is 84.2 Å². The van der Waals surface area contributed by atoms with Crippen LogP contribution in [0, 0.1) is 12.7 Å². The highest BCUT2D eigenvalue weighted by Crippen LogP contribution is 2.25. The monoisotopic (exact) mass is 413 g/mol. The van der Waals surface area contributed by atoms with Crippen LogP contribution in [-0.4, -0.2) is 28.1 Å². The molecule has 6 nitrogen and oxygen atoms in total. The van der Waals surface area contributed by atoms with Gasteiger partial charge in [0.25, 0.3) is 0 Å². The average Bonchev–Trinajstić information content (AvgIpc) is 2.99. The zero-order valence-electron chi connectivity index (χ0n) is 15.3. The summed E-state index contributed by atoms with van der Waals surface area (Å²) in [6.45, 7) is 1.18. The van der Waals surface area contributed by atoms with Gasteiger partial charge in [0, 0.05) is 11.1 Å². The van der Waals surface area contributed by atoms with E-state index >= 15 is 0 Å². The molecule has 0 radical (unpaired) electrons. The molecule has 0 amide bonds. The van der Waals surface area contributed by atoms with Crippen LogP contribution in [0.4, 0.5) is 4.39 Å². The summed E-state index contributed by atoms with van der Waals surface area (Å²) in [5.74, 6) is -1.66. The molecule has 148 valence electrons. The molecule has 29 heavy (non-hydrogen) atoms. The molecule has 0 fully saturated rings. The lowest BCUT2D eigenvalue weighted by atomic mass is 10.1. The van der Waals surface area contributed by atoms with E-state index in [1.54, 1.807) is 25.1 Å². The zero-order valence-corrected chi connectivity index (χ0v) is 16.0. The maximum atomic E-state index is 13.1. The number of carbonyl (C=O) groups excluding carboxylic acids is 2. The minimum Gasteiger partial charge on any atom is -0.546 e. The fraction of sp³-hybridized carbons (Fsp3) is 0.0952. The molecular formula is C21H15ClFN2O4-. The van der Waals surface area contributed by atoms with Gasteiger partial charge in [0.2, 0.25) is 0 Å². The third-order valence-corrected chi connectivity index (χ3v) is 4.38. The van der Waals surface area contributed by atoms with Crippen molar-refractivity contribution in [2.45, 2.75) is 6.92 Å². The van der Waals surface area contributed by atoms with Crippen LogP contribution in [0.2, 0.25) is 5.15 Å². The van der Waals surface area contributed by atoms with Gasteiger partial charge in [-0.1, -0.05) is 11.6 Å². The third-order valence-electron chi connectivity index (χ3n) is 4.02. The minimum absolute atomic E-state index is 0.276. The van der Waals surface area contributed by atoms with Crippen molar-refractivity contribution in [2.24, 2.45) is 0 Å². The Balaban J connectivity index is 1.76. The summed E-state index contributed by atoms with van der Waals surface area (Å²) in [6, 6.07) is 11.8. The number of hydrogen-bond acceptors (Lipinski definition) is 5. The number of benzene rings is 2. The van der Waals surface area contributed by atoms with Gasteiger partial charge in [-0.05, 0) is 67.6 Å². The first-order chi connectivity index (χ1) is 13.8. The molecule has 0 aliphatic carbocycles. The number of hydrogen-bond donors (Lipinski definition) is 0. The van der Waals surface area contributed by atoms with Crippen molar-refractivity contribution in [3.8, 4) is 11.4 Å². The van der Waals surface area contributed by atoms with Gasteiger partial charge in [0.1, 0.15) is 23.3 Å². The smallest absolute Gasteiger partial charge is 0.185 e. The van der Waals surface area contributed by atoms with Gasteiger partial charge in [0.15, 0.2) is 5.78 Å². The van der Waals surface area contributed by atoms with E-state index in [0.717, 1.165) is 0 Å². The normalized spacial score (nSPS) is 11.0. The lowest BCUT2D eigenvalue weighted by molar-refractivity contribution is -0.307. The van der Waals surface area contributed by atoms with Crippen LogP contribution in [0.3, 0.4) is 0 Å². The Morgan fingerprint density at radius 1 is 1.17 bits per heavy atom. The highest BCUT2D eigenvalue weighted by atomic mass is 35.5. The Kier molecular flexibility index (Phi) is 6.09. The highest BCUT2D eigenvalue weighted by Gasteiger charge is 2.13. The summed E-state index contributed by atoms with van der Waals surface area (Å²) >= 11 is 6.39. The second-order valence-electron chi connectivity index (χ2n) is 6.06. The Hall–Kier alpha value is -3.45. The number of carboxylic acid groups (broad SMARTS) is 1. The summed E-state index contributed by atoms with van der Waals surface area (Å²) in [5.41, 5.74) is 2.16. The molecule has 3 aromatic rings. The Bertz CT molecular complexity index is 1070. The second-order valence-corrected chi connectivity index (χ2v) is 6.42. The number of aryl methyl sites for hydroxylation is 1. The first kappa shape index (κ1) is 20.3. The quantitative estimate of drug-likeness (QED) is 0.439. The van der Waals surface area contributed by atoms with E-state index in [2.05, 4.69) is 5.10 Å². The third kappa shape index (κ3) is 4.89. The standard InChI is InChI=1S/C21H16ClFN2O4/c1-13-18(21(22)25(24-13)16-6-4-15(23)5-7-16)10-11-19(26)14-2-8-17(9-3-14)29-12-20(27)28/h2-11H,12H2,1H3,(H,27,28)/p-1/b11-10+. The maximum absolute atomic E-state index is 13.1. The van der Waals surface area contributed by atoms with Crippen molar-refractivity contribution in [2.75, 3.05) is 6.61 Å². The van der Waals surface area contributed by atoms with Crippen LogP contribution in [0.5, 0.6) is 5.75 Å². The first-order valence-corrected chi connectivity index (χ1v) is 8.89. The Morgan fingerprint density at radius 3 is 2.45 bits per heavy atom. The molecule has 0 aliphatic rings. The molecule has 0 atom stereocenters. The summed E-state index contributed by atoms with van der Waals surface area (Å²) in [5, 5.41) is 15.0. The van der Waals surface area contributed by atoms with Crippen molar-refractivity contribution in [3.05, 3.63) is 82.4 Å². The molecule has 1 heterocycles. The lowest BCUT2D eigenvalue weighted by Gasteiger charge is -2.06. The number of nitrogens with zero attached hydrogens (tertiary/aromatic N) is 2. The van der Waals surface area contributed by atoms with Crippen molar-refractivity contribution >= 4 is 29.4 Å². The van der Waals surface area contributed by atoms with Crippen molar-refractivity contribution in [1.29, 1.82) is 0 Å². The molecule has 8 heteroatoms. The predicted octanol–water partition coefficient (Wildman–Crippen LogP) is 3.00. The number of halogens is 2. The second kappa shape index (κ2) is 8.70. The Morgan fingerprint density at radius 2 is 1.83 bits per heavy atom. The highest BCUT2D eigenvalue weighted by molar-refractivity contribution is 6.31. The fourth-order valence-corrected chi connectivity index (χ4v) is 2.90. The number of aliphatic carboxylic acids is 1. The van der Waals surface area contributed by atoms with Crippen molar-refractivity contribution in [3.63, 3.8) is 0 Å². The van der Waals surface area contributed by atoms with E-state index in [-0.39, 0.29) is 11.6 Å². The first-order valence-electron chi connectivity index (χ1n) is 8.51. The molecule has 0 saturated heterocycles. The Labute approximate surface area is 170 Å². The fourth-order valence-electron chi connectivity index (χ4n) is 2.57. The van der Waals surface area contributed by atoms with Crippen molar-refractivity contribution < 1.29 is 23.8 Å². The van der Waals surface area contributed by atoms with E-state index in [4.69, 9.17) is 16.3 Å². The molecule has 0 unspecified atom stereocenters. The van der Waals surface area contributed by atoms with Gasteiger partial charge in [-0.15, -0.1) is 0 Å². The summed E-state index contributed by atoms with van der Waals surface area (Å²) in [7, 11) is 0.